The quantitative estimate of drug-likeness (QED) is 0.432. The average molecular weight is 254 g/mol. The third kappa shape index (κ3) is 6.36. The number of aliphatic hydroxyl groups is 2. The van der Waals surface area contributed by atoms with Gasteiger partial charge in [0.25, 0.3) is 0 Å². The van der Waals surface area contributed by atoms with Crippen LogP contribution in [0.1, 0.15) is 65.2 Å². The number of rotatable bonds is 11. The van der Waals surface area contributed by atoms with E-state index in [0.29, 0.717) is 12.8 Å². The lowest BCUT2D eigenvalue weighted by atomic mass is 9.86. The first-order valence-electron chi connectivity index (χ1n) is 7.12. The second-order valence-corrected chi connectivity index (χ2v) is 5.35. The first kappa shape index (κ1) is 17.4. The topological polar surface area (TPSA) is 40.5 Å². The summed E-state index contributed by atoms with van der Waals surface area (Å²) in [4.78, 5) is 0. The van der Waals surface area contributed by atoms with Gasteiger partial charge >= 0.3 is 0 Å². The normalized spacial score (nSPS) is 12.4. The molecule has 0 rings (SSSR count). The smallest absolute Gasteiger partial charge is 0.0716 e. The minimum absolute atomic E-state index is 0.519. The zero-order chi connectivity index (χ0) is 14.1. The molecule has 0 aromatic carbocycles. The zero-order valence-corrected chi connectivity index (χ0v) is 12.1. The molecule has 0 aromatic rings. The predicted molar refractivity (Wildman–Crippen MR) is 78.6 cm³/mol. The van der Waals surface area contributed by atoms with E-state index in [-0.39, 0.29) is 0 Å². The molecular weight excluding hydrogens is 224 g/mol. The van der Waals surface area contributed by atoms with Crippen molar-refractivity contribution < 1.29 is 10.2 Å². The molecule has 0 atom stereocenters. The Kier molecular flexibility index (Phi) is 8.21. The summed E-state index contributed by atoms with van der Waals surface area (Å²) in [7, 11) is 0. The Hall–Kier alpha value is -0.600. The van der Waals surface area contributed by atoms with Crippen LogP contribution in [0, 0.1) is 0 Å². The van der Waals surface area contributed by atoms with Crippen LogP contribution in [0.25, 0.3) is 0 Å². The fraction of sp³-hybridized carbons (Fsp3) is 0.750. The van der Waals surface area contributed by atoms with Crippen molar-refractivity contribution in [3.05, 3.63) is 25.3 Å². The second-order valence-electron chi connectivity index (χ2n) is 5.35. The van der Waals surface area contributed by atoms with Gasteiger partial charge in [-0.1, -0.05) is 38.8 Å². The highest BCUT2D eigenvalue weighted by molar-refractivity contribution is 4.92. The maximum atomic E-state index is 10.4. The van der Waals surface area contributed by atoms with Crippen LogP contribution in [0.2, 0.25) is 0 Å². The molecule has 2 heteroatoms. The lowest BCUT2D eigenvalue weighted by Crippen LogP contribution is -2.28. The molecule has 0 amide bonds. The van der Waals surface area contributed by atoms with Crippen LogP contribution in [0.15, 0.2) is 25.3 Å². The van der Waals surface area contributed by atoms with Crippen LogP contribution < -0.4 is 0 Å². The highest BCUT2D eigenvalue weighted by Gasteiger charge is 2.25. The maximum Gasteiger partial charge on any atom is 0.0716 e. The van der Waals surface area contributed by atoms with Gasteiger partial charge in [-0.25, -0.2) is 0 Å². The van der Waals surface area contributed by atoms with Gasteiger partial charge < -0.3 is 10.2 Å². The van der Waals surface area contributed by atoms with Gasteiger partial charge in [0.15, 0.2) is 0 Å². The molecule has 0 heterocycles. The maximum absolute atomic E-state index is 10.4. The van der Waals surface area contributed by atoms with Gasteiger partial charge in [0.1, 0.15) is 0 Å². The lowest BCUT2D eigenvalue weighted by molar-refractivity contribution is 0.0123. The molecule has 0 unspecified atom stereocenters. The van der Waals surface area contributed by atoms with Gasteiger partial charge in [-0.2, -0.15) is 0 Å². The molecule has 0 fully saturated rings. The Morgan fingerprint density at radius 3 is 1.56 bits per heavy atom. The van der Waals surface area contributed by atoms with E-state index in [1.165, 1.54) is 0 Å². The van der Waals surface area contributed by atoms with Crippen molar-refractivity contribution >= 4 is 0 Å². The van der Waals surface area contributed by atoms with Gasteiger partial charge in [-0.05, 0) is 38.5 Å². The molecule has 0 aromatic heterocycles. The molecule has 0 saturated carbocycles. The molecule has 0 saturated heterocycles. The average Bonchev–Trinajstić information content (AvgIpc) is 2.35. The monoisotopic (exact) mass is 254 g/mol. The van der Waals surface area contributed by atoms with Crippen molar-refractivity contribution in [2.45, 2.75) is 76.4 Å². The van der Waals surface area contributed by atoms with Crippen LogP contribution in [-0.4, -0.2) is 21.4 Å². The van der Waals surface area contributed by atoms with E-state index in [9.17, 15) is 10.2 Å². The zero-order valence-electron chi connectivity index (χ0n) is 12.1. The Balaban J connectivity index is 4.07. The fourth-order valence-corrected chi connectivity index (χ4v) is 2.34. The molecule has 0 aliphatic rings. The summed E-state index contributed by atoms with van der Waals surface area (Å²) in [5.41, 5.74) is -1.21. The predicted octanol–water partition coefficient (Wildman–Crippen LogP) is 3.98. The lowest BCUT2D eigenvalue weighted by Gasteiger charge is -2.28. The van der Waals surface area contributed by atoms with Crippen molar-refractivity contribution in [2.24, 2.45) is 0 Å². The Morgan fingerprint density at radius 1 is 0.833 bits per heavy atom. The van der Waals surface area contributed by atoms with Crippen molar-refractivity contribution in [1.29, 1.82) is 0 Å². The van der Waals surface area contributed by atoms with Crippen LogP contribution >= 0.6 is 0 Å². The van der Waals surface area contributed by atoms with E-state index in [1.54, 1.807) is 12.2 Å². The molecule has 0 aliphatic heterocycles. The van der Waals surface area contributed by atoms with E-state index in [1.807, 2.05) is 13.8 Å². The third-order valence-corrected chi connectivity index (χ3v) is 3.90. The molecule has 106 valence electrons. The van der Waals surface area contributed by atoms with Crippen molar-refractivity contribution in [2.75, 3.05) is 0 Å². The largest absolute Gasteiger partial charge is 0.390 e. The summed E-state index contributed by atoms with van der Waals surface area (Å²) in [6, 6.07) is 0. The highest BCUT2D eigenvalue weighted by Crippen LogP contribution is 2.27. The van der Waals surface area contributed by atoms with Gasteiger partial charge in [0, 0.05) is 0 Å². The fourth-order valence-electron chi connectivity index (χ4n) is 2.34. The molecular formula is C16H30O2. The molecule has 0 bridgehead atoms. The van der Waals surface area contributed by atoms with Crippen LogP contribution in [0.5, 0.6) is 0 Å². The van der Waals surface area contributed by atoms with E-state index < -0.39 is 11.2 Å². The summed E-state index contributed by atoms with van der Waals surface area (Å²) >= 11 is 0. The summed E-state index contributed by atoms with van der Waals surface area (Å²) in [6.07, 6.45) is 9.77. The van der Waals surface area contributed by atoms with E-state index in [4.69, 9.17) is 0 Å². The molecule has 0 radical (unpaired) electrons. The number of unbranched alkanes of at least 4 members (excludes halogenated alkanes) is 1. The summed E-state index contributed by atoms with van der Waals surface area (Å²) in [5, 5.41) is 20.5. The first-order valence-corrected chi connectivity index (χ1v) is 7.12. The standard InChI is InChI=1S/C16H30O2/c1-5-11-16(18,12-6-2)14-10-9-13-15(17,7-3)8-4/h5-6,17-18H,1-2,7-14H2,3-4H3. The number of hydrogen-bond donors (Lipinski definition) is 2. The Morgan fingerprint density at radius 2 is 1.22 bits per heavy atom. The summed E-state index contributed by atoms with van der Waals surface area (Å²) < 4.78 is 0. The molecule has 0 spiro atoms. The van der Waals surface area contributed by atoms with Crippen molar-refractivity contribution in [1.82, 2.24) is 0 Å². The summed E-state index contributed by atoms with van der Waals surface area (Å²) in [5.74, 6) is 0. The van der Waals surface area contributed by atoms with Crippen LogP contribution in [0.4, 0.5) is 0 Å². The first-order chi connectivity index (χ1) is 8.45. The molecule has 2 nitrogen and oxygen atoms in total. The molecule has 2 N–H and O–H groups in total. The second kappa shape index (κ2) is 8.49. The van der Waals surface area contributed by atoms with E-state index in [2.05, 4.69) is 13.2 Å². The van der Waals surface area contributed by atoms with Crippen LogP contribution in [0.3, 0.4) is 0 Å². The van der Waals surface area contributed by atoms with Gasteiger partial charge in [0.2, 0.25) is 0 Å². The Bertz CT molecular complexity index is 231. The van der Waals surface area contributed by atoms with Crippen LogP contribution in [-0.2, 0) is 0 Å². The minimum Gasteiger partial charge on any atom is -0.390 e. The molecule has 0 aliphatic carbocycles. The van der Waals surface area contributed by atoms with Crippen molar-refractivity contribution in [3.63, 3.8) is 0 Å². The highest BCUT2D eigenvalue weighted by atomic mass is 16.3. The third-order valence-electron chi connectivity index (χ3n) is 3.90. The van der Waals surface area contributed by atoms with E-state index >= 15 is 0 Å². The van der Waals surface area contributed by atoms with Gasteiger partial charge in [0.05, 0.1) is 11.2 Å². The minimum atomic E-state index is -0.694. The Labute approximate surface area is 112 Å². The summed E-state index contributed by atoms with van der Waals surface area (Å²) in [6.45, 7) is 11.4. The number of hydrogen-bond acceptors (Lipinski definition) is 2. The van der Waals surface area contributed by atoms with Gasteiger partial charge in [-0.15, -0.1) is 13.2 Å². The van der Waals surface area contributed by atoms with Crippen molar-refractivity contribution in [3.8, 4) is 0 Å². The SMILES string of the molecule is C=CCC(O)(CC=C)CCCCC(O)(CC)CC. The van der Waals surface area contributed by atoms with E-state index in [0.717, 1.165) is 38.5 Å². The molecule has 18 heavy (non-hydrogen) atoms. The van der Waals surface area contributed by atoms with Gasteiger partial charge in [-0.3, -0.25) is 0 Å².